The van der Waals surface area contributed by atoms with Crippen molar-refractivity contribution in [3.05, 3.63) is 57.3 Å². The van der Waals surface area contributed by atoms with Crippen LogP contribution in [0.25, 0.3) is 11.3 Å². The fourth-order valence-corrected chi connectivity index (χ4v) is 3.12. The van der Waals surface area contributed by atoms with Gasteiger partial charge in [-0.2, -0.15) is 5.10 Å². The number of thiazole rings is 1. The fraction of sp³-hybridized carbons (Fsp3) is 0.125. The minimum Gasteiger partial charge on any atom is -0.460 e. The van der Waals surface area contributed by atoms with Gasteiger partial charge in [0.05, 0.1) is 10.7 Å². The number of aryl methyl sites for hydroxylation is 1. The molecule has 0 spiro atoms. The van der Waals surface area contributed by atoms with Gasteiger partial charge in [-0.05, 0) is 44.2 Å². The molecular formula is C16H13Cl2N3OS. The average Bonchev–Trinajstić information content (AvgIpc) is 3.14. The Hall–Kier alpha value is -1.82. The minimum absolute atomic E-state index is 0.570. The van der Waals surface area contributed by atoms with E-state index < -0.39 is 0 Å². The van der Waals surface area contributed by atoms with Crippen LogP contribution < -0.4 is 5.43 Å². The van der Waals surface area contributed by atoms with Crippen LogP contribution in [0.5, 0.6) is 0 Å². The Labute approximate surface area is 147 Å². The first-order valence-electron chi connectivity index (χ1n) is 6.81. The Kier molecular flexibility index (Phi) is 4.71. The Morgan fingerprint density at radius 1 is 1.26 bits per heavy atom. The number of rotatable bonds is 4. The van der Waals surface area contributed by atoms with E-state index in [2.05, 4.69) is 15.5 Å². The van der Waals surface area contributed by atoms with E-state index >= 15 is 0 Å². The highest BCUT2D eigenvalue weighted by Crippen LogP contribution is 2.32. The molecule has 2 aromatic heterocycles. The van der Waals surface area contributed by atoms with Gasteiger partial charge in [-0.1, -0.05) is 23.2 Å². The molecule has 0 unspecified atom stereocenters. The SMILES string of the molecule is C/C(=N/Nc1nc(-c2ccc(Cl)cc2Cl)cs1)c1ccc(C)o1. The highest BCUT2D eigenvalue weighted by atomic mass is 35.5. The number of hydrazone groups is 1. The van der Waals surface area contributed by atoms with Gasteiger partial charge >= 0.3 is 0 Å². The summed E-state index contributed by atoms with van der Waals surface area (Å²) in [7, 11) is 0. The van der Waals surface area contributed by atoms with Crippen LogP contribution in [0.15, 0.2) is 45.2 Å². The molecule has 118 valence electrons. The number of aromatic nitrogens is 1. The summed E-state index contributed by atoms with van der Waals surface area (Å²) in [5.74, 6) is 1.58. The minimum atomic E-state index is 0.570. The van der Waals surface area contributed by atoms with E-state index in [0.29, 0.717) is 15.2 Å². The fourth-order valence-electron chi connectivity index (χ4n) is 1.96. The number of nitrogens with one attached hydrogen (secondary N) is 1. The predicted octanol–water partition coefficient (Wildman–Crippen LogP) is 5.85. The lowest BCUT2D eigenvalue weighted by molar-refractivity contribution is 0.525. The molecule has 23 heavy (non-hydrogen) atoms. The molecule has 4 nitrogen and oxygen atoms in total. The molecule has 0 atom stereocenters. The molecule has 0 amide bonds. The zero-order chi connectivity index (χ0) is 16.4. The first-order chi connectivity index (χ1) is 11.0. The summed E-state index contributed by atoms with van der Waals surface area (Å²) in [6.45, 7) is 3.77. The van der Waals surface area contributed by atoms with E-state index in [4.69, 9.17) is 27.6 Å². The molecule has 0 aliphatic heterocycles. The molecule has 0 radical (unpaired) electrons. The summed E-state index contributed by atoms with van der Waals surface area (Å²) >= 11 is 13.6. The van der Waals surface area contributed by atoms with Crippen LogP contribution in [-0.4, -0.2) is 10.7 Å². The second-order valence-corrected chi connectivity index (χ2v) is 6.58. The monoisotopic (exact) mass is 365 g/mol. The molecule has 1 N–H and O–H groups in total. The summed E-state index contributed by atoms with van der Waals surface area (Å²) in [5.41, 5.74) is 5.30. The maximum absolute atomic E-state index is 6.20. The Balaban J connectivity index is 1.77. The van der Waals surface area contributed by atoms with Crippen LogP contribution in [-0.2, 0) is 0 Å². The lowest BCUT2D eigenvalue weighted by Crippen LogP contribution is -1.98. The van der Waals surface area contributed by atoms with Crippen molar-refractivity contribution in [2.45, 2.75) is 13.8 Å². The van der Waals surface area contributed by atoms with Crippen molar-refractivity contribution >= 4 is 45.4 Å². The van der Waals surface area contributed by atoms with Crippen LogP contribution in [0.3, 0.4) is 0 Å². The normalized spacial score (nSPS) is 11.7. The topological polar surface area (TPSA) is 50.4 Å². The predicted molar refractivity (Wildman–Crippen MR) is 96.8 cm³/mol. The largest absolute Gasteiger partial charge is 0.460 e. The second-order valence-electron chi connectivity index (χ2n) is 4.88. The number of halogens is 2. The van der Waals surface area contributed by atoms with Gasteiger partial charge in [-0.25, -0.2) is 4.98 Å². The number of anilines is 1. The highest BCUT2D eigenvalue weighted by molar-refractivity contribution is 7.14. The molecule has 0 saturated heterocycles. The molecule has 0 aliphatic rings. The summed E-state index contributed by atoms with van der Waals surface area (Å²) in [4.78, 5) is 4.48. The van der Waals surface area contributed by atoms with Crippen molar-refractivity contribution in [2.75, 3.05) is 5.43 Å². The number of hydrogen-bond acceptors (Lipinski definition) is 5. The first kappa shape index (κ1) is 16.1. The molecule has 3 rings (SSSR count). The smallest absolute Gasteiger partial charge is 0.203 e. The van der Waals surface area contributed by atoms with Gasteiger partial charge in [-0.3, -0.25) is 5.43 Å². The Bertz CT molecular complexity index is 870. The van der Waals surface area contributed by atoms with Crippen molar-refractivity contribution in [1.29, 1.82) is 0 Å². The molecule has 1 aromatic carbocycles. The van der Waals surface area contributed by atoms with Crippen LogP contribution in [0.2, 0.25) is 10.0 Å². The maximum atomic E-state index is 6.20. The van der Waals surface area contributed by atoms with E-state index in [1.165, 1.54) is 11.3 Å². The van der Waals surface area contributed by atoms with Crippen molar-refractivity contribution in [3.8, 4) is 11.3 Å². The zero-order valence-corrected chi connectivity index (χ0v) is 14.8. The summed E-state index contributed by atoms with van der Waals surface area (Å²) in [5, 5.41) is 8.05. The highest BCUT2D eigenvalue weighted by Gasteiger charge is 2.09. The number of furan rings is 1. The van der Waals surface area contributed by atoms with Gasteiger partial charge in [0, 0.05) is 16.0 Å². The van der Waals surface area contributed by atoms with Gasteiger partial charge in [0.15, 0.2) is 0 Å². The third-order valence-electron chi connectivity index (χ3n) is 3.13. The van der Waals surface area contributed by atoms with E-state index in [9.17, 15) is 0 Å². The van der Waals surface area contributed by atoms with Crippen LogP contribution in [0.4, 0.5) is 5.13 Å². The van der Waals surface area contributed by atoms with Crippen molar-refractivity contribution in [3.63, 3.8) is 0 Å². The molecule has 7 heteroatoms. The lowest BCUT2D eigenvalue weighted by Gasteiger charge is -2.01. The molecule has 2 heterocycles. The zero-order valence-electron chi connectivity index (χ0n) is 12.4. The average molecular weight is 366 g/mol. The standard InChI is InChI=1S/C16H13Cl2N3OS/c1-9-3-6-15(22-9)10(2)20-21-16-19-14(8-23-16)12-5-4-11(17)7-13(12)18/h3-8H,1-2H3,(H,19,21)/b20-10-. The first-order valence-corrected chi connectivity index (χ1v) is 8.44. The lowest BCUT2D eigenvalue weighted by atomic mass is 10.2. The van der Waals surface area contributed by atoms with Crippen molar-refractivity contribution in [1.82, 2.24) is 4.98 Å². The maximum Gasteiger partial charge on any atom is 0.203 e. The summed E-state index contributed by atoms with van der Waals surface area (Å²) in [6, 6.07) is 9.13. The van der Waals surface area contributed by atoms with E-state index in [-0.39, 0.29) is 0 Å². The number of nitrogens with zero attached hydrogens (tertiary/aromatic N) is 2. The molecule has 0 fully saturated rings. The van der Waals surface area contributed by atoms with E-state index in [1.54, 1.807) is 12.1 Å². The third kappa shape index (κ3) is 3.75. The van der Waals surface area contributed by atoms with Crippen LogP contribution in [0.1, 0.15) is 18.4 Å². The van der Waals surface area contributed by atoms with Gasteiger partial charge in [-0.15, -0.1) is 11.3 Å². The molecule has 0 saturated carbocycles. The Morgan fingerprint density at radius 2 is 2.09 bits per heavy atom. The molecule has 0 bridgehead atoms. The third-order valence-corrected chi connectivity index (χ3v) is 4.42. The summed E-state index contributed by atoms with van der Waals surface area (Å²) in [6.07, 6.45) is 0. The summed E-state index contributed by atoms with van der Waals surface area (Å²) < 4.78 is 5.52. The Morgan fingerprint density at radius 3 is 2.78 bits per heavy atom. The second kappa shape index (κ2) is 6.74. The van der Waals surface area contributed by atoms with Gasteiger partial charge in [0.1, 0.15) is 17.2 Å². The van der Waals surface area contributed by atoms with Crippen molar-refractivity contribution in [2.24, 2.45) is 5.10 Å². The quantitative estimate of drug-likeness (QED) is 0.465. The van der Waals surface area contributed by atoms with Gasteiger partial charge in [0.25, 0.3) is 0 Å². The van der Waals surface area contributed by atoms with Gasteiger partial charge < -0.3 is 4.42 Å². The molecule has 3 aromatic rings. The van der Waals surface area contributed by atoms with Crippen LogP contribution >= 0.6 is 34.5 Å². The van der Waals surface area contributed by atoms with Gasteiger partial charge in [0.2, 0.25) is 5.13 Å². The van der Waals surface area contributed by atoms with E-state index in [0.717, 1.165) is 28.5 Å². The number of hydrogen-bond donors (Lipinski definition) is 1. The molecule has 0 aliphatic carbocycles. The van der Waals surface area contributed by atoms with Crippen molar-refractivity contribution < 1.29 is 4.42 Å². The molecular weight excluding hydrogens is 353 g/mol. The van der Waals surface area contributed by atoms with E-state index in [1.807, 2.05) is 37.4 Å². The van der Waals surface area contributed by atoms with Crippen LogP contribution in [0, 0.1) is 6.92 Å². The number of benzene rings is 1.